The van der Waals surface area contributed by atoms with Crippen LogP contribution in [0.1, 0.15) is 78.1 Å². The highest BCUT2D eigenvalue weighted by molar-refractivity contribution is 5.69. The Labute approximate surface area is 113 Å². The number of allylic oxidation sites excluding steroid dienone is 2. The molecule has 0 saturated carbocycles. The topological polar surface area (TPSA) is 26.3 Å². The van der Waals surface area contributed by atoms with Crippen LogP contribution in [-0.2, 0) is 9.53 Å². The minimum absolute atomic E-state index is 0.0580. The lowest BCUT2D eigenvalue weighted by molar-refractivity contribution is -0.143. The van der Waals surface area contributed by atoms with Crippen LogP contribution in [0.5, 0.6) is 0 Å². The van der Waals surface area contributed by atoms with Gasteiger partial charge in [0.05, 0.1) is 6.61 Å². The highest BCUT2D eigenvalue weighted by Gasteiger charge is 1.99. The summed E-state index contributed by atoms with van der Waals surface area (Å²) in [4.78, 5) is 11.1. The minimum atomic E-state index is -0.0580. The molecule has 0 N–H and O–H groups in total. The highest BCUT2D eigenvalue weighted by atomic mass is 16.5. The summed E-state index contributed by atoms with van der Waals surface area (Å²) in [6.45, 7) is 4.59. The lowest BCUT2D eigenvalue weighted by atomic mass is 10.1. The molecule has 2 heteroatoms. The van der Waals surface area contributed by atoms with Gasteiger partial charge in [-0.25, -0.2) is 0 Å². The van der Waals surface area contributed by atoms with Crippen molar-refractivity contribution >= 4 is 5.97 Å². The summed E-state index contributed by atoms with van der Waals surface area (Å²) in [6.07, 6.45) is 16.2. The van der Waals surface area contributed by atoms with E-state index in [0.29, 0.717) is 13.0 Å². The first-order chi connectivity index (χ1) is 8.81. The van der Waals surface area contributed by atoms with Gasteiger partial charge in [-0.05, 0) is 39.0 Å². The maximum Gasteiger partial charge on any atom is 0.305 e. The molecule has 0 heterocycles. The van der Waals surface area contributed by atoms with Crippen molar-refractivity contribution in [3.05, 3.63) is 12.2 Å². The lowest BCUT2D eigenvalue weighted by Gasteiger charge is -2.00. The quantitative estimate of drug-likeness (QED) is 0.277. The van der Waals surface area contributed by atoms with E-state index in [0.717, 1.165) is 19.3 Å². The largest absolute Gasteiger partial charge is 0.466 e. The van der Waals surface area contributed by atoms with Gasteiger partial charge in [-0.1, -0.05) is 44.8 Å². The Bertz CT molecular complexity index is 209. The lowest BCUT2D eigenvalue weighted by Crippen LogP contribution is -2.02. The molecule has 0 aliphatic rings. The Morgan fingerprint density at radius 3 is 2.11 bits per heavy atom. The fraction of sp³-hybridized carbons (Fsp3) is 0.812. The van der Waals surface area contributed by atoms with Crippen LogP contribution in [-0.4, -0.2) is 12.6 Å². The summed E-state index contributed by atoms with van der Waals surface area (Å²) >= 11 is 0. The molecule has 0 fully saturated rings. The molecule has 0 atom stereocenters. The molecule has 0 aromatic carbocycles. The summed E-state index contributed by atoms with van der Waals surface area (Å²) in [5.74, 6) is -0.0580. The van der Waals surface area contributed by atoms with Crippen molar-refractivity contribution in [2.75, 3.05) is 6.61 Å². The molecule has 0 aromatic rings. The molecule has 106 valence electrons. The zero-order chi connectivity index (χ0) is 13.5. The number of unbranched alkanes of at least 4 members (excludes halogenated alkanes) is 7. The molecule has 0 amide bonds. The second-order valence-electron chi connectivity index (χ2n) is 4.73. The van der Waals surface area contributed by atoms with Crippen molar-refractivity contribution in [2.45, 2.75) is 78.1 Å². The van der Waals surface area contributed by atoms with Crippen molar-refractivity contribution < 1.29 is 9.53 Å². The average Bonchev–Trinajstić information content (AvgIpc) is 2.36. The second kappa shape index (κ2) is 14.3. The van der Waals surface area contributed by atoms with Gasteiger partial charge in [0.15, 0.2) is 0 Å². The summed E-state index contributed by atoms with van der Waals surface area (Å²) < 4.78 is 4.88. The summed E-state index contributed by atoms with van der Waals surface area (Å²) in [6, 6.07) is 0. The zero-order valence-corrected chi connectivity index (χ0v) is 12.2. The Morgan fingerprint density at radius 1 is 0.889 bits per heavy atom. The molecule has 0 rings (SSSR count). The van der Waals surface area contributed by atoms with E-state index in [2.05, 4.69) is 19.1 Å². The number of esters is 1. The molecule has 0 aliphatic carbocycles. The van der Waals surface area contributed by atoms with Crippen LogP contribution in [0.3, 0.4) is 0 Å². The average molecular weight is 254 g/mol. The van der Waals surface area contributed by atoms with Crippen LogP contribution >= 0.6 is 0 Å². The van der Waals surface area contributed by atoms with Gasteiger partial charge in [-0.3, -0.25) is 4.79 Å². The van der Waals surface area contributed by atoms with E-state index < -0.39 is 0 Å². The molecule has 2 nitrogen and oxygen atoms in total. The fourth-order valence-electron chi connectivity index (χ4n) is 1.87. The molecule has 0 radical (unpaired) electrons. The van der Waals surface area contributed by atoms with Gasteiger partial charge >= 0.3 is 5.97 Å². The molecule has 0 aromatic heterocycles. The SMILES string of the molecule is CCCCCCC/C=C\CCCCC(=O)OCC. The predicted molar refractivity (Wildman–Crippen MR) is 77.6 cm³/mol. The standard InChI is InChI=1S/C16H30O2/c1-3-5-6-7-8-9-10-11-12-13-14-15-16(17)18-4-2/h10-11H,3-9,12-15H2,1-2H3/b11-10-. The number of hydrogen-bond donors (Lipinski definition) is 0. The Morgan fingerprint density at radius 2 is 1.50 bits per heavy atom. The third kappa shape index (κ3) is 13.3. The number of carbonyl (C=O) groups excluding carboxylic acids is 1. The number of ether oxygens (including phenoxy) is 1. The molecule has 18 heavy (non-hydrogen) atoms. The fourth-order valence-corrected chi connectivity index (χ4v) is 1.87. The Kier molecular flexibility index (Phi) is 13.6. The van der Waals surface area contributed by atoms with Crippen molar-refractivity contribution in [3.8, 4) is 0 Å². The van der Waals surface area contributed by atoms with E-state index in [4.69, 9.17) is 4.74 Å². The summed E-state index contributed by atoms with van der Waals surface area (Å²) in [7, 11) is 0. The van der Waals surface area contributed by atoms with Gasteiger partial charge in [0.25, 0.3) is 0 Å². The molecular weight excluding hydrogens is 224 g/mol. The number of carbonyl (C=O) groups is 1. The smallest absolute Gasteiger partial charge is 0.305 e. The van der Waals surface area contributed by atoms with E-state index in [1.54, 1.807) is 0 Å². The Balaban J connectivity index is 3.16. The normalized spacial score (nSPS) is 11.0. The van der Waals surface area contributed by atoms with Crippen molar-refractivity contribution in [1.82, 2.24) is 0 Å². The molecule has 0 bridgehead atoms. The van der Waals surface area contributed by atoms with E-state index in [1.807, 2.05) is 6.92 Å². The molecule has 0 saturated heterocycles. The van der Waals surface area contributed by atoms with Crippen LogP contribution in [0, 0.1) is 0 Å². The van der Waals surface area contributed by atoms with E-state index in [1.165, 1.54) is 38.5 Å². The van der Waals surface area contributed by atoms with Gasteiger partial charge in [-0.2, -0.15) is 0 Å². The van der Waals surface area contributed by atoms with Gasteiger partial charge in [0, 0.05) is 6.42 Å². The maximum atomic E-state index is 11.1. The van der Waals surface area contributed by atoms with Gasteiger partial charge in [0.2, 0.25) is 0 Å². The predicted octanol–water partition coefficient (Wildman–Crippen LogP) is 5.03. The second-order valence-corrected chi connectivity index (χ2v) is 4.73. The highest BCUT2D eigenvalue weighted by Crippen LogP contribution is 2.07. The van der Waals surface area contributed by atoms with Crippen LogP contribution in [0.2, 0.25) is 0 Å². The van der Waals surface area contributed by atoms with Crippen LogP contribution in [0.25, 0.3) is 0 Å². The van der Waals surface area contributed by atoms with E-state index >= 15 is 0 Å². The van der Waals surface area contributed by atoms with Gasteiger partial charge < -0.3 is 4.74 Å². The monoisotopic (exact) mass is 254 g/mol. The van der Waals surface area contributed by atoms with Crippen molar-refractivity contribution in [2.24, 2.45) is 0 Å². The van der Waals surface area contributed by atoms with Crippen LogP contribution in [0.4, 0.5) is 0 Å². The Hall–Kier alpha value is -0.790. The maximum absolute atomic E-state index is 11.1. The first-order valence-corrected chi connectivity index (χ1v) is 7.61. The first kappa shape index (κ1) is 17.2. The van der Waals surface area contributed by atoms with E-state index in [-0.39, 0.29) is 5.97 Å². The van der Waals surface area contributed by atoms with Gasteiger partial charge in [0.1, 0.15) is 0 Å². The third-order valence-electron chi connectivity index (χ3n) is 2.95. The minimum Gasteiger partial charge on any atom is -0.466 e. The number of rotatable bonds is 12. The number of hydrogen-bond acceptors (Lipinski definition) is 2. The molecule has 0 aliphatic heterocycles. The van der Waals surface area contributed by atoms with Crippen LogP contribution < -0.4 is 0 Å². The molecular formula is C16H30O2. The summed E-state index contributed by atoms with van der Waals surface area (Å²) in [5.41, 5.74) is 0. The first-order valence-electron chi connectivity index (χ1n) is 7.61. The van der Waals surface area contributed by atoms with Crippen LogP contribution in [0.15, 0.2) is 12.2 Å². The van der Waals surface area contributed by atoms with Crippen molar-refractivity contribution in [1.29, 1.82) is 0 Å². The molecule has 0 spiro atoms. The molecule has 0 unspecified atom stereocenters. The van der Waals surface area contributed by atoms with Gasteiger partial charge in [-0.15, -0.1) is 0 Å². The third-order valence-corrected chi connectivity index (χ3v) is 2.95. The summed E-state index contributed by atoms with van der Waals surface area (Å²) in [5, 5.41) is 0. The van der Waals surface area contributed by atoms with E-state index in [9.17, 15) is 4.79 Å². The van der Waals surface area contributed by atoms with Crippen molar-refractivity contribution in [3.63, 3.8) is 0 Å². The zero-order valence-electron chi connectivity index (χ0n) is 12.2.